The summed E-state index contributed by atoms with van der Waals surface area (Å²) in [4.78, 5) is 14.6. The van der Waals surface area contributed by atoms with Gasteiger partial charge >= 0.3 is 0 Å². The molecule has 2 aromatic rings. The predicted molar refractivity (Wildman–Crippen MR) is 94.7 cm³/mol. The topological polar surface area (TPSA) is 89.3 Å². The van der Waals surface area contributed by atoms with Crippen molar-refractivity contribution in [1.29, 1.82) is 0 Å². The van der Waals surface area contributed by atoms with Gasteiger partial charge in [-0.3, -0.25) is 4.79 Å². The maximum Gasteiger partial charge on any atom is 0.261 e. The number of fused-ring (bicyclic) bond motifs is 1. The van der Waals surface area contributed by atoms with E-state index in [0.29, 0.717) is 0 Å². The summed E-state index contributed by atoms with van der Waals surface area (Å²) in [6, 6.07) is 8.04. The lowest BCUT2D eigenvalue weighted by Crippen LogP contribution is -2.26. The van der Waals surface area contributed by atoms with Gasteiger partial charge in [-0.2, -0.15) is 0 Å². The van der Waals surface area contributed by atoms with Gasteiger partial charge in [0.05, 0.1) is 15.8 Å². The number of hydrogen-bond donors (Lipinski definition) is 2. The Hall–Kier alpha value is -1.70. The van der Waals surface area contributed by atoms with E-state index in [1.807, 2.05) is 13.0 Å². The summed E-state index contributed by atoms with van der Waals surface area (Å²) in [5.74, 6) is -0.0857. The smallest absolute Gasteiger partial charge is 0.261 e. The Morgan fingerprint density at radius 2 is 1.88 bits per heavy atom. The molecule has 1 aliphatic rings. The summed E-state index contributed by atoms with van der Waals surface area (Å²) in [7, 11) is -3.70. The standard InChI is InChI=1S/C17H20N2O3S2/c1-11(12-6-8-14(9-7-12)24(18,21)22)19-17(20)16-10-13-4-2-3-5-15(13)23-16/h6-11H,2-5H2,1H3,(H,19,20)(H2,18,21,22). The SMILES string of the molecule is CC(NC(=O)c1cc2c(s1)CCCC2)c1ccc(S(N)(=O)=O)cc1. The first-order valence-corrected chi connectivity index (χ1v) is 10.3. The van der Waals surface area contributed by atoms with Gasteiger partial charge < -0.3 is 5.32 Å². The number of thiophene rings is 1. The maximum atomic E-state index is 12.5. The van der Waals surface area contributed by atoms with Gasteiger partial charge in [0.15, 0.2) is 0 Å². The highest BCUT2D eigenvalue weighted by Crippen LogP contribution is 2.30. The zero-order chi connectivity index (χ0) is 17.3. The van der Waals surface area contributed by atoms with Gasteiger partial charge in [0.1, 0.15) is 0 Å². The van der Waals surface area contributed by atoms with Gasteiger partial charge in [0.2, 0.25) is 10.0 Å². The minimum Gasteiger partial charge on any atom is -0.345 e. The van der Waals surface area contributed by atoms with Crippen molar-refractivity contribution in [2.45, 2.75) is 43.5 Å². The molecule has 0 fully saturated rings. The second-order valence-electron chi connectivity index (χ2n) is 6.08. The molecule has 1 aliphatic carbocycles. The van der Waals surface area contributed by atoms with Crippen molar-refractivity contribution in [2.24, 2.45) is 5.14 Å². The van der Waals surface area contributed by atoms with Gasteiger partial charge in [-0.1, -0.05) is 12.1 Å². The van der Waals surface area contributed by atoms with Crippen LogP contribution in [0.5, 0.6) is 0 Å². The van der Waals surface area contributed by atoms with Crippen LogP contribution < -0.4 is 10.5 Å². The van der Waals surface area contributed by atoms with E-state index in [1.165, 1.54) is 35.4 Å². The van der Waals surface area contributed by atoms with E-state index in [1.54, 1.807) is 23.5 Å². The highest BCUT2D eigenvalue weighted by molar-refractivity contribution is 7.89. The lowest BCUT2D eigenvalue weighted by atomic mass is 9.99. The number of aryl methyl sites for hydroxylation is 2. The fourth-order valence-electron chi connectivity index (χ4n) is 2.90. The maximum absolute atomic E-state index is 12.5. The van der Waals surface area contributed by atoms with Crippen molar-refractivity contribution >= 4 is 27.3 Å². The zero-order valence-corrected chi connectivity index (χ0v) is 15.0. The normalized spacial score (nSPS) is 15.6. The first-order valence-electron chi connectivity index (χ1n) is 7.90. The molecule has 128 valence electrons. The van der Waals surface area contributed by atoms with Gasteiger partial charge in [-0.05, 0) is 61.9 Å². The molecule has 5 nitrogen and oxygen atoms in total. The van der Waals surface area contributed by atoms with E-state index in [4.69, 9.17) is 5.14 Å². The average molecular weight is 364 g/mol. The summed E-state index contributed by atoms with van der Waals surface area (Å²) >= 11 is 1.58. The number of amides is 1. The minimum absolute atomic E-state index is 0.0655. The minimum atomic E-state index is -3.70. The van der Waals surface area contributed by atoms with Gasteiger partial charge in [-0.15, -0.1) is 11.3 Å². The van der Waals surface area contributed by atoms with Crippen molar-refractivity contribution in [3.8, 4) is 0 Å². The van der Waals surface area contributed by atoms with Crippen LogP contribution in [0.1, 0.15) is 51.5 Å². The quantitative estimate of drug-likeness (QED) is 0.874. The summed E-state index contributed by atoms with van der Waals surface area (Å²) in [5.41, 5.74) is 2.14. The van der Waals surface area contributed by atoms with Crippen LogP contribution in [0.15, 0.2) is 35.2 Å². The Balaban J connectivity index is 1.71. The number of carbonyl (C=O) groups is 1. The van der Waals surface area contributed by atoms with Gasteiger partial charge in [0.25, 0.3) is 5.91 Å². The second kappa shape index (κ2) is 6.66. The highest BCUT2D eigenvalue weighted by atomic mass is 32.2. The molecule has 0 saturated carbocycles. The summed E-state index contributed by atoms with van der Waals surface area (Å²) in [5, 5.41) is 8.06. The van der Waals surface area contributed by atoms with E-state index in [-0.39, 0.29) is 16.8 Å². The number of rotatable bonds is 4. The van der Waals surface area contributed by atoms with E-state index in [2.05, 4.69) is 5.32 Å². The van der Waals surface area contributed by atoms with Crippen molar-refractivity contribution in [3.05, 3.63) is 51.2 Å². The highest BCUT2D eigenvalue weighted by Gasteiger charge is 2.19. The van der Waals surface area contributed by atoms with Gasteiger partial charge in [-0.25, -0.2) is 13.6 Å². The molecule has 0 saturated heterocycles. The van der Waals surface area contributed by atoms with Crippen molar-refractivity contribution in [2.75, 3.05) is 0 Å². The molecule has 0 radical (unpaired) electrons. The van der Waals surface area contributed by atoms with Gasteiger partial charge in [0, 0.05) is 4.88 Å². The number of carbonyl (C=O) groups excluding carboxylic acids is 1. The molecule has 1 aromatic carbocycles. The van der Waals surface area contributed by atoms with Crippen molar-refractivity contribution in [1.82, 2.24) is 5.32 Å². The van der Waals surface area contributed by atoms with E-state index in [9.17, 15) is 13.2 Å². The average Bonchev–Trinajstić information content (AvgIpc) is 2.98. The molecular formula is C17H20N2O3S2. The molecule has 1 amide bonds. The Bertz CT molecular complexity index is 831. The van der Waals surface area contributed by atoms with Crippen molar-refractivity contribution < 1.29 is 13.2 Å². The Morgan fingerprint density at radius 3 is 2.50 bits per heavy atom. The number of nitrogens with two attached hydrogens (primary N) is 1. The predicted octanol–water partition coefficient (Wildman–Crippen LogP) is 2.77. The van der Waals surface area contributed by atoms with Crippen LogP contribution in [0.2, 0.25) is 0 Å². The first-order chi connectivity index (χ1) is 11.3. The van der Waals surface area contributed by atoms with E-state index in [0.717, 1.165) is 23.3 Å². The first kappa shape index (κ1) is 17.1. The second-order valence-corrected chi connectivity index (χ2v) is 8.77. The number of nitrogens with one attached hydrogen (secondary N) is 1. The lowest BCUT2D eigenvalue weighted by Gasteiger charge is -2.14. The van der Waals surface area contributed by atoms with Crippen LogP contribution in [-0.4, -0.2) is 14.3 Å². The number of benzene rings is 1. The van der Waals surface area contributed by atoms with Crippen LogP contribution >= 0.6 is 11.3 Å². The fourth-order valence-corrected chi connectivity index (χ4v) is 4.57. The number of primary sulfonamides is 1. The van der Waals surface area contributed by atoms with Crippen LogP contribution in [-0.2, 0) is 22.9 Å². The Kier molecular flexibility index (Phi) is 4.76. The van der Waals surface area contributed by atoms with Crippen LogP contribution in [0, 0.1) is 0 Å². The molecular weight excluding hydrogens is 344 g/mol. The summed E-state index contributed by atoms with van der Waals surface area (Å²) in [6.45, 7) is 1.87. The molecule has 1 heterocycles. The zero-order valence-electron chi connectivity index (χ0n) is 13.4. The molecule has 0 bridgehead atoms. The molecule has 3 rings (SSSR count). The molecule has 0 aliphatic heterocycles. The van der Waals surface area contributed by atoms with E-state index >= 15 is 0 Å². The van der Waals surface area contributed by atoms with Crippen LogP contribution in [0.25, 0.3) is 0 Å². The monoisotopic (exact) mass is 364 g/mol. The van der Waals surface area contributed by atoms with Crippen LogP contribution in [0.4, 0.5) is 0 Å². The Labute approximate surface area is 145 Å². The summed E-state index contributed by atoms with van der Waals surface area (Å²) in [6.07, 6.45) is 4.51. The molecule has 3 N–H and O–H groups in total. The lowest BCUT2D eigenvalue weighted by molar-refractivity contribution is 0.0944. The number of sulfonamides is 1. The fraction of sp³-hybridized carbons (Fsp3) is 0.353. The largest absolute Gasteiger partial charge is 0.345 e. The molecule has 7 heteroatoms. The van der Waals surface area contributed by atoms with Crippen LogP contribution in [0.3, 0.4) is 0 Å². The third kappa shape index (κ3) is 3.68. The molecule has 24 heavy (non-hydrogen) atoms. The third-order valence-corrected chi connectivity index (χ3v) is 6.44. The van der Waals surface area contributed by atoms with Crippen molar-refractivity contribution in [3.63, 3.8) is 0 Å². The summed E-state index contributed by atoms with van der Waals surface area (Å²) < 4.78 is 22.6. The Morgan fingerprint density at radius 1 is 1.21 bits per heavy atom. The third-order valence-electron chi connectivity index (χ3n) is 4.28. The molecule has 1 aromatic heterocycles. The number of hydrogen-bond acceptors (Lipinski definition) is 4. The van der Waals surface area contributed by atoms with E-state index < -0.39 is 10.0 Å². The molecule has 1 atom stereocenters. The molecule has 1 unspecified atom stereocenters. The molecule has 0 spiro atoms.